The molecule has 3 aromatic carbocycles. The molecule has 5 aromatic rings. The molecule has 3 heterocycles. The van der Waals surface area contributed by atoms with E-state index in [1.54, 1.807) is 12.1 Å². The summed E-state index contributed by atoms with van der Waals surface area (Å²) >= 11 is 0. The number of alkyl halides is 3. The number of fused-ring (bicyclic) bond motifs is 1. The zero-order chi connectivity index (χ0) is 30.1. The second-order valence-corrected chi connectivity index (χ2v) is 10.3. The van der Waals surface area contributed by atoms with Crippen molar-refractivity contribution in [3.05, 3.63) is 101 Å². The number of nitrogens with zero attached hydrogens (tertiary/aromatic N) is 3. The number of aromatic nitrogens is 3. The quantitative estimate of drug-likeness (QED) is 0.238. The van der Waals surface area contributed by atoms with Gasteiger partial charge in [0.2, 0.25) is 0 Å². The van der Waals surface area contributed by atoms with Gasteiger partial charge in [-0.05, 0) is 66.6 Å². The number of halogens is 3. The van der Waals surface area contributed by atoms with E-state index in [4.69, 9.17) is 0 Å². The van der Waals surface area contributed by atoms with Crippen LogP contribution >= 0.6 is 0 Å². The van der Waals surface area contributed by atoms with Gasteiger partial charge in [0.1, 0.15) is 12.0 Å². The van der Waals surface area contributed by atoms with E-state index in [0.29, 0.717) is 35.7 Å². The van der Waals surface area contributed by atoms with Gasteiger partial charge in [0.15, 0.2) is 0 Å². The molecule has 2 aromatic heterocycles. The molecule has 1 aliphatic rings. The largest absolute Gasteiger partial charge is 0.416 e. The number of carbonyl (C=O) groups is 2. The van der Waals surface area contributed by atoms with Crippen molar-refractivity contribution in [2.45, 2.75) is 13.1 Å². The first kappa shape index (κ1) is 28.1. The summed E-state index contributed by atoms with van der Waals surface area (Å²) in [5.41, 5.74) is 4.90. The lowest BCUT2D eigenvalue weighted by atomic mass is 10.0. The predicted octanol–water partition coefficient (Wildman–Crippen LogP) is 5.92. The van der Waals surface area contributed by atoms with E-state index in [9.17, 15) is 22.8 Å². The Morgan fingerprint density at radius 3 is 2.30 bits per heavy atom. The highest BCUT2D eigenvalue weighted by Gasteiger charge is 2.30. The van der Waals surface area contributed by atoms with Crippen LogP contribution in [0, 0.1) is 6.92 Å². The van der Waals surface area contributed by atoms with Gasteiger partial charge >= 0.3 is 6.18 Å². The van der Waals surface area contributed by atoms with Gasteiger partial charge in [-0.2, -0.15) is 13.2 Å². The van der Waals surface area contributed by atoms with Crippen LogP contribution in [0.15, 0.2) is 79.1 Å². The van der Waals surface area contributed by atoms with Crippen molar-refractivity contribution in [2.24, 2.45) is 0 Å². The lowest BCUT2D eigenvalue weighted by Gasteiger charge is -2.27. The van der Waals surface area contributed by atoms with Gasteiger partial charge in [-0.25, -0.2) is 9.97 Å². The third kappa shape index (κ3) is 5.71. The van der Waals surface area contributed by atoms with Gasteiger partial charge in [-0.1, -0.05) is 24.3 Å². The second kappa shape index (κ2) is 11.3. The highest BCUT2D eigenvalue weighted by molar-refractivity contribution is 6.05. The topological polar surface area (TPSA) is 103 Å². The molecule has 0 bridgehead atoms. The van der Waals surface area contributed by atoms with Crippen molar-refractivity contribution in [3.8, 4) is 22.5 Å². The molecule has 218 valence electrons. The standard InChI is InChI=1S/C32H27F3N6O2/c1-19-24(3-2-4-26(19)40-30(42)21-9-11-23(12-10-21)32(33,34)35)28-25-17-27(39-29(25)38-18-37-28)20-5-7-22(8-6-20)31(43)41-15-13-36-14-16-41/h2-12,17-18,36H,13-16H2,1H3,(H,40,42)(H,37,38,39). The molecular formula is C32H27F3N6O2. The molecule has 3 N–H and O–H groups in total. The number of H-pyrrole nitrogens is 1. The molecule has 8 nitrogen and oxygen atoms in total. The maximum atomic E-state index is 12.9. The van der Waals surface area contributed by atoms with Crippen LogP contribution in [-0.2, 0) is 6.18 Å². The zero-order valence-electron chi connectivity index (χ0n) is 23.1. The average molecular weight is 585 g/mol. The summed E-state index contributed by atoms with van der Waals surface area (Å²) in [4.78, 5) is 39.8. The van der Waals surface area contributed by atoms with Crippen LogP contribution in [0.2, 0.25) is 0 Å². The third-order valence-electron chi connectivity index (χ3n) is 7.58. The van der Waals surface area contributed by atoms with E-state index < -0.39 is 17.6 Å². The highest BCUT2D eigenvalue weighted by atomic mass is 19.4. The van der Waals surface area contributed by atoms with Crippen LogP contribution in [0.1, 0.15) is 31.8 Å². The molecule has 0 atom stereocenters. The van der Waals surface area contributed by atoms with Gasteiger partial charge < -0.3 is 20.5 Å². The Balaban J connectivity index is 1.26. The van der Waals surface area contributed by atoms with Crippen LogP contribution in [0.4, 0.5) is 18.9 Å². The first-order valence-corrected chi connectivity index (χ1v) is 13.7. The summed E-state index contributed by atoms with van der Waals surface area (Å²) in [6, 6.07) is 18.9. The van der Waals surface area contributed by atoms with Gasteiger partial charge in [0.25, 0.3) is 11.8 Å². The number of hydrogen-bond donors (Lipinski definition) is 3. The molecule has 1 saturated heterocycles. The molecule has 2 amide bonds. The lowest BCUT2D eigenvalue weighted by Crippen LogP contribution is -2.46. The van der Waals surface area contributed by atoms with Gasteiger partial charge in [-0.15, -0.1) is 0 Å². The Morgan fingerprint density at radius 2 is 1.60 bits per heavy atom. The second-order valence-electron chi connectivity index (χ2n) is 10.3. The Labute approximate surface area is 245 Å². The van der Waals surface area contributed by atoms with Crippen LogP contribution in [-0.4, -0.2) is 57.8 Å². The Morgan fingerprint density at radius 1 is 0.907 bits per heavy atom. The first-order chi connectivity index (χ1) is 20.7. The van der Waals surface area contributed by atoms with E-state index in [-0.39, 0.29) is 11.5 Å². The Kier molecular flexibility index (Phi) is 7.41. The average Bonchev–Trinajstić information content (AvgIpc) is 3.47. The number of rotatable bonds is 5. The fourth-order valence-electron chi connectivity index (χ4n) is 5.19. The van der Waals surface area contributed by atoms with Crippen LogP contribution in [0.3, 0.4) is 0 Å². The SMILES string of the molecule is Cc1c(NC(=O)c2ccc(C(F)(F)F)cc2)cccc1-c1ncnc2[nH]c(-c3ccc(C(=O)N4CCNCC4)cc3)cc12. The summed E-state index contributed by atoms with van der Waals surface area (Å²) in [5, 5.41) is 6.83. The Bertz CT molecular complexity index is 1810. The van der Waals surface area contributed by atoms with Crippen molar-refractivity contribution in [1.82, 2.24) is 25.2 Å². The summed E-state index contributed by atoms with van der Waals surface area (Å²) < 4.78 is 38.7. The van der Waals surface area contributed by atoms with E-state index >= 15 is 0 Å². The number of nitrogens with one attached hydrogen (secondary N) is 3. The van der Waals surface area contributed by atoms with E-state index in [2.05, 4.69) is 25.6 Å². The summed E-state index contributed by atoms with van der Waals surface area (Å²) in [5.74, 6) is -0.511. The van der Waals surface area contributed by atoms with Gasteiger partial charge in [0.05, 0.1) is 11.3 Å². The lowest BCUT2D eigenvalue weighted by molar-refractivity contribution is -0.137. The third-order valence-corrected chi connectivity index (χ3v) is 7.58. The number of aromatic amines is 1. The van der Waals surface area contributed by atoms with Gasteiger partial charge in [-0.3, -0.25) is 9.59 Å². The number of benzene rings is 3. The normalized spacial score (nSPS) is 13.7. The first-order valence-electron chi connectivity index (χ1n) is 13.7. The van der Waals surface area contributed by atoms with Crippen molar-refractivity contribution >= 4 is 28.5 Å². The number of hydrogen-bond acceptors (Lipinski definition) is 5. The summed E-state index contributed by atoms with van der Waals surface area (Å²) in [7, 11) is 0. The van der Waals surface area contributed by atoms with Crippen molar-refractivity contribution in [2.75, 3.05) is 31.5 Å². The maximum Gasteiger partial charge on any atom is 0.416 e. The number of anilines is 1. The zero-order valence-corrected chi connectivity index (χ0v) is 23.1. The molecule has 11 heteroatoms. The van der Waals surface area contributed by atoms with Crippen molar-refractivity contribution in [3.63, 3.8) is 0 Å². The molecule has 0 spiro atoms. The molecule has 0 unspecified atom stereocenters. The van der Waals surface area contributed by atoms with Crippen molar-refractivity contribution in [1.29, 1.82) is 0 Å². The molecule has 1 fully saturated rings. The summed E-state index contributed by atoms with van der Waals surface area (Å²) in [6.45, 7) is 4.78. The smallest absolute Gasteiger partial charge is 0.339 e. The fourth-order valence-corrected chi connectivity index (χ4v) is 5.19. The number of piperazine rings is 1. The van der Waals surface area contributed by atoms with Gasteiger partial charge in [0, 0.05) is 59.6 Å². The van der Waals surface area contributed by atoms with Crippen LogP contribution in [0.5, 0.6) is 0 Å². The molecule has 0 radical (unpaired) electrons. The molecular weight excluding hydrogens is 557 g/mol. The predicted molar refractivity (Wildman–Crippen MR) is 158 cm³/mol. The summed E-state index contributed by atoms with van der Waals surface area (Å²) in [6.07, 6.45) is -3.02. The minimum atomic E-state index is -4.48. The van der Waals surface area contributed by atoms with Crippen LogP contribution < -0.4 is 10.6 Å². The van der Waals surface area contributed by atoms with E-state index in [0.717, 1.165) is 65.1 Å². The molecule has 0 saturated carbocycles. The molecule has 43 heavy (non-hydrogen) atoms. The molecule has 1 aliphatic heterocycles. The monoisotopic (exact) mass is 584 g/mol. The van der Waals surface area contributed by atoms with E-state index in [1.807, 2.05) is 48.2 Å². The molecule has 6 rings (SSSR count). The van der Waals surface area contributed by atoms with Crippen molar-refractivity contribution < 1.29 is 22.8 Å². The number of amides is 2. The highest BCUT2D eigenvalue weighted by Crippen LogP contribution is 2.34. The van der Waals surface area contributed by atoms with Crippen LogP contribution in [0.25, 0.3) is 33.5 Å². The maximum absolute atomic E-state index is 12.9. The van der Waals surface area contributed by atoms with E-state index in [1.165, 1.54) is 6.33 Å². The minimum absolute atomic E-state index is 0.0126. The minimum Gasteiger partial charge on any atom is -0.339 e. The fraction of sp³-hybridized carbons (Fsp3) is 0.188. The number of carbonyl (C=O) groups excluding carboxylic acids is 2. The molecule has 0 aliphatic carbocycles. The Hall–Kier alpha value is -5.03.